The summed E-state index contributed by atoms with van der Waals surface area (Å²) in [4.78, 5) is 36.3. The van der Waals surface area contributed by atoms with Gasteiger partial charge in [0.1, 0.15) is 11.5 Å². The number of benzene rings is 2. The van der Waals surface area contributed by atoms with Gasteiger partial charge in [0.2, 0.25) is 0 Å². The molecule has 0 radical (unpaired) electrons. The van der Waals surface area contributed by atoms with E-state index in [9.17, 15) is 29.0 Å². The molecule has 1 aliphatic carbocycles. The van der Waals surface area contributed by atoms with E-state index in [0.29, 0.717) is 21.7 Å². The quantitative estimate of drug-likeness (QED) is 0.285. The van der Waals surface area contributed by atoms with Crippen LogP contribution in [0.4, 0.5) is 4.39 Å². The van der Waals surface area contributed by atoms with Crippen molar-refractivity contribution in [2.45, 2.75) is 31.0 Å². The number of carbonyl (C=O) groups is 3. The van der Waals surface area contributed by atoms with Crippen LogP contribution in [0.1, 0.15) is 25.3 Å². The van der Waals surface area contributed by atoms with Gasteiger partial charge in [0.15, 0.2) is 0 Å². The Morgan fingerprint density at radius 2 is 1.88 bits per heavy atom. The standard InChI is InChI=1S/C23H22ClFN2O6/c1-2-33-19(30)18(29)26-23-11-21(12-28,20(31)32)10-22(23,27-23)14-5-3-13(4-6-14)16-9-15(24)7-8-17(16)25/h3-9,27-28H,2,10-12H2,1H3,(H,26,29)(H,31,32)/t21-,22?,23+/m0/s1. The Bertz CT molecular complexity index is 1140. The number of esters is 1. The smallest absolute Gasteiger partial charge is 0.396 e. The van der Waals surface area contributed by atoms with Crippen molar-refractivity contribution in [2.24, 2.45) is 5.41 Å². The number of ether oxygens (including phenoxy) is 1. The minimum Gasteiger partial charge on any atom is -0.481 e. The van der Waals surface area contributed by atoms with Gasteiger partial charge >= 0.3 is 17.8 Å². The summed E-state index contributed by atoms with van der Waals surface area (Å²) in [6.07, 6.45) is -0.165. The number of carboxylic acid groups (broad SMARTS) is 1. The van der Waals surface area contributed by atoms with Crippen LogP contribution in [0.5, 0.6) is 0 Å². The zero-order chi connectivity index (χ0) is 24.0. The minimum atomic E-state index is -1.52. The molecule has 1 amide bonds. The first-order valence-corrected chi connectivity index (χ1v) is 10.7. The zero-order valence-electron chi connectivity index (χ0n) is 17.7. The summed E-state index contributed by atoms with van der Waals surface area (Å²) in [5.74, 6) is -3.75. The van der Waals surface area contributed by atoms with E-state index < -0.39 is 46.9 Å². The Labute approximate surface area is 193 Å². The second-order valence-corrected chi connectivity index (χ2v) is 8.85. The van der Waals surface area contributed by atoms with E-state index in [-0.39, 0.29) is 19.4 Å². The number of carboxylic acids is 1. The number of amides is 1. The Balaban J connectivity index is 1.70. The Hall–Kier alpha value is -3.01. The lowest BCUT2D eigenvalue weighted by molar-refractivity contribution is -0.155. The largest absolute Gasteiger partial charge is 0.481 e. The van der Waals surface area contributed by atoms with Gasteiger partial charge in [-0.25, -0.2) is 9.18 Å². The second kappa shape index (κ2) is 8.09. The lowest BCUT2D eigenvalue weighted by Crippen LogP contribution is -2.48. The number of nitrogens with one attached hydrogen (secondary N) is 2. The molecule has 2 aliphatic rings. The molecule has 1 saturated carbocycles. The molecule has 2 fully saturated rings. The molecule has 2 aromatic carbocycles. The second-order valence-electron chi connectivity index (χ2n) is 8.41. The highest BCUT2D eigenvalue weighted by Crippen LogP contribution is 2.64. The van der Waals surface area contributed by atoms with Gasteiger partial charge in [0, 0.05) is 17.0 Å². The lowest BCUT2D eigenvalue weighted by atomic mass is 9.82. The average molecular weight is 477 g/mol. The Morgan fingerprint density at radius 1 is 1.18 bits per heavy atom. The molecule has 1 saturated heterocycles. The van der Waals surface area contributed by atoms with Crippen LogP contribution in [0.3, 0.4) is 0 Å². The van der Waals surface area contributed by atoms with Crippen molar-refractivity contribution in [3.05, 3.63) is 58.9 Å². The van der Waals surface area contributed by atoms with E-state index in [1.54, 1.807) is 31.2 Å². The SMILES string of the molecule is CCOC(=O)C(=O)N[C@@]12C[C@@](CO)(C(=O)O)CC1(c1ccc(-c3cc(Cl)ccc3F)cc1)N2. The van der Waals surface area contributed by atoms with Crippen LogP contribution in [-0.2, 0) is 24.7 Å². The molecule has 10 heteroatoms. The van der Waals surface area contributed by atoms with Gasteiger partial charge in [-0.15, -0.1) is 0 Å². The summed E-state index contributed by atoms with van der Waals surface area (Å²) in [7, 11) is 0. The molecule has 33 heavy (non-hydrogen) atoms. The fourth-order valence-electron chi connectivity index (χ4n) is 4.83. The number of hydrogen-bond acceptors (Lipinski definition) is 6. The lowest BCUT2D eigenvalue weighted by Gasteiger charge is -2.25. The van der Waals surface area contributed by atoms with Gasteiger partial charge < -0.3 is 20.3 Å². The normalized spacial score (nSPS) is 27.5. The summed E-state index contributed by atoms with van der Waals surface area (Å²) in [5.41, 5.74) is -2.34. The number of carbonyl (C=O) groups excluding carboxylic acids is 2. The predicted octanol–water partition coefficient (Wildman–Crippen LogP) is 2.18. The maximum atomic E-state index is 14.3. The number of rotatable bonds is 6. The number of fused-ring (bicyclic) bond motifs is 1. The van der Waals surface area contributed by atoms with E-state index in [1.165, 1.54) is 18.2 Å². The number of hydrogen-bond donors (Lipinski definition) is 4. The van der Waals surface area contributed by atoms with Gasteiger partial charge in [-0.05, 0) is 42.7 Å². The Kier molecular flexibility index (Phi) is 5.68. The van der Waals surface area contributed by atoms with Crippen LogP contribution in [0.15, 0.2) is 42.5 Å². The van der Waals surface area contributed by atoms with Crippen LogP contribution < -0.4 is 10.6 Å². The highest BCUT2D eigenvalue weighted by Gasteiger charge is 2.79. The monoisotopic (exact) mass is 476 g/mol. The molecule has 1 heterocycles. The van der Waals surface area contributed by atoms with Crippen molar-refractivity contribution < 1.29 is 33.7 Å². The predicted molar refractivity (Wildman–Crippen MR) is 116 cm³/mol. The van der Waals surface area contributed by atoms with Crippen molar-refractivity contribution in [2.75, 3.05) is 13.2 Å². The van der Waals surface area contributed by atoms with Crippen molar-refractivity contribution in [1.29, 1.82) is 0 Å². The van der Waals surface area contributed by atoms with E-state index in [2.05, 4.69) is 10.6 Å². The summed E-state index contributed by atoms with van der Waals surface area (Å²) in [6, 6.07) is 10.9. The van der Waals surface area contributed by atoms with E-state index in [4.69, 9.17) is 16.3 Å². The van der Waals surface area contributed by atoms with E-state index >= 15 is 0 Å². The van der Waals surface area contributed by atoms with Crippen LogP contribution >= 0.6 is 11.6 Å². The maximum absolute atomic E-state index is 14.3. The first-order chi connectivity index (χ1) is 15.6. The first-order valence-electron chi connectivity index (χ1n) is 10.3. The van der Waals surface area contributed by atoms with Crippen LogP contribution in [0, 0.1) is 11.2 Å². The number of halogens is 2. The van der Waals surface area contributed by atoms with Crippen molar-refractivity contribution in [1.82, 2.24) is 10.6 Å². The molecule has 174 valence electrons. The van der Waals surface area contributed by atoms with Crippen LogP contribution in [0.25, 0.3) is 11.1 Å². The third-order valence-corrected chi connectivity index (χ3v) is 6.70. The van der Waals surface area contributed by atoms with Gasteiger partial charge in [-0.3, -0.25) is 14.9 Å². The molecule has 4 N–H and O–H groups in total. The molecule has 8 nitrogen and oxygen atoms in total. The average Bonchev–Trinajstić information content (AvgIpc) is 3.30. The summed E-state index contributed by atoms with van der Waals surface area (Å²) in [6.45, 7) is 0.924. The van der Waals surface area contributed by atoms with Gasteiger partial charge in [0.25, 0.3) is 0 Å². The summed E-state index contributed by atoms with van der Waals surface area (Å²) >= 11 is 5.99. The number of aliphatic carboxylic acids is 1. The molecular weight excluding hydrogens is 455 g/mol. The molecule has 0 spiro atoms. The van der Waals surface area contributed by atoms with Gasteiger partial charge in [-0.1, -0.05) is 35.9 Å². The Morgan fingerprint density at radius 3 is 2.48 bits per heavy atom. The first kappa shape index (κ1) is 23.2. The highest BCUT2D eigenvalue weighted by molar-refractivity contribution is 6.32. The number of aliphatic hydroxyl groups is 1. The van der Waals surface area contributed by atoms with Crippen molar-refractivity contribution in [3.63, 3.8) is 0 Å². The highest BCUT2D eigenvalue weighted by atomic mass is 35.5. The van der Waals surface area contributed by atoms with E-state index in [1.807, 2.05) is 0 Å². The van der Waals surface area contributed by atoms with Gasteiger partial charge in [-0.2, -0.15) is 0 Å². The summed E-state index contributed by atoms with van der Waals surface area (Å²) < 4.78 is 19.0. The third kappa shape index (κ3) is 3.66. The van der Waals surface area contributed by atoms with E-state index in [0.717, 1.165) is 0 Å². The molecule has 4 rings (SSSR count). The van der Waals surface area contributed by atoms with Gasteiger partial charge in [0.05, 0.1) is 24.2 Å². The summed E-state index contributed by atoms with van der Waals surface area (Å²) in [5, 5.41) is 25.8. The maximum Gasteiger partial charge on any atom is 0.396 e. The fourth-order valence-corrected chi connectivity index (χ4v) is 5.00. The van der Waals surface area contributed by atoms with Crippen LogP contribution in [-0.4, -0.2) is 46.9 Å². The topological polar surface area (TPSA) is 135 Å². The molecule has 2 aromatic rings. The number of aliphatic hydroxyl groups excluding tert-OH is 1. The third-order valence-electron chi connectivity index (χ3n) is 6.46. The zero-order valence-corrected chi connectivity index (χ0v) is 18.4. The molecule has 1 aliphatic heterocycles. The van der Waals surface area contributed by atoms with Crippen molar-refractivity contribution in [3.8, 4) is 11.1 Å². The molecule has 1 unspecified atom stereocenters. The van der Waals surface area contributed by atoms with Crippen LogP contribution in [0.2, 0.25) is 5.02 Å². The molecule has 3 atom stereocenters. The minimum absolute atomic E-state index is 0.00898. The molecular formula is C23H22ClFN2O6. The fraction of sp³-hybridized carbons (Fsp3) is 0.348. The number of piperidine rings is 1. The van der Waals surface area contributed by atoms with Crippen molar-refractivity contribution >= 4 is 29.4 Å². The molecule has 0 aromatic heterocycles. The molecule has 0 bridgehead atoms.